The molecule has 1 aromatic carbocycles. The molecule has 9 heteroatoms. The first-order valence-corrected chi connectivity index (χ1v) is 12.3. The number of aromatic nitrogens is 4. The average molecular weight is 434 g/mol. The van der Waals surface area contributed by atoms with Gasteiger partial charge in [-0.15, -0.1) is 0 Å². The van der Waals surface area contributed by atoms with Gasteiger partial charge in [-0.1, -0.05) is 43.4 Å². The number of hydrogen-bond acceptors (Lipinski definition) is 6. The monoisotopic (exact) mass is 433 g/mol. The Morgan fingerprint density at radius 3 is 2.62 bits per heavy atom. The van der Waals surface area contributed by atoms with E-state index in [0.717, 1.165) is 23.9 Å². The molecule has 154 valence electrons. The Bertz CT molecular complexity index is 1120. The molecule has 29 heavy (non-hydrogen) atoms. The minimum absolute atomic E-state index is 0.0881. The summed E-state index contributed by atoms with van der Waals surface area (Å²) >= 11 is 6.26. The van der Waals surface area contributed by atoms with Crippen molar-refractivity contribution in [1.82, 2.24) is 19.7 Å². The molecule has 0 atom stereocenters. The average Bonchev–Trinajstić information content (AvgIpc) is 2.88. The van der Waals surface area contributed by atoms with Gasteiger partial charge in [0.15, 0.2) is 15.5 Å². The van der Waals surface area contributed by atoms with Gasteiger partial charge in [-0.3, -0.25) is 0 Å². The van der Waals surface area contributed by atoms with Crippen LogP contribution in [-0.4, -0.2) is 34.4 Å². The molecule has 0 spiro atoms. The van der Waals surface area contributed by atoms with Crippen LogP contribution < -0.4 is 5.32 Å². The van der Waals surface area contributed by atoms with Crippen LogP contribution in [0.15, 0.2) is 30.6 Å². The Morgan fingerprint density at radius 1 is 1.17 bits per heavy atom. The summed E-state index contributed by atoms with van der Waals surface area (Å²) in [6.45, 7) is 0. The van der Waals surface area contributed by atoms with Crippen molar-refractivity contribution < 1.29 is 8.42 Å². The normalized spacial score (nSPS) is 16.1. The zero-order valence-electron chi connectivity index (χ0n) is 16.3. The van der Waals surface area contributed by atoms with Crippen molar-refractivity contribution in [2.75, 3.05) is 11.6 Å². The van der Waals surface area contributed by atoms with Gasteiger partial charge < -0.3 is 5.32 Å². The number of fused-ring (bicyclic) bond motifs is 1. The highest BCUT2D eigenvalue weighted by molar-refractivity contribution is 7.89. The lowest BCUT2D eigenvalue weighted by Gasteiger charge is -2.15. The Hall–Kier alpha value is -2.19. The summed E-state index contributed by atoms with van der Waals surface area (Å²) in [5.41, 5.74) is 2.10. The van der Waals surface area contributed by atoms with Crippen LogP contribution in [-0.2, 0) is 15.6 Å². The van der Waals surface area contributed by atoms with Gasteiger partial charge in [-0.2, -0.15) is 10.1 Å². The van der Waals surface area contributed by atoms with Gasteiger partial charge in [0.25, 0.3) is 0 Å². The summed E-state index contributed by atoms with van der Waals surface area (Å²) < 4.78 is 25.1. The molecule has 1 aliphatic carbocycles. The molecule has 7 nitrogen and oxygen atoms in total. The van der Waals surface area contributed by atoms with E-state index in [4.69, 9.17) is 11.6 Å². The second kappa shape index (κ2) is 8.28. The molecule has 1 aliphatic rings. The molecule has 0 bridgehead atoms. The second-order valence-electron chi connectivity index (χ2n) is 7.71. The summed E-state index contributed by atoms with van der Waals surface area (Å²) in [6, 6.07) is 5.56. The maximum absolute atomic E-state index is 11.5. The van der Waals surface area contributed by atoms with Crippen LogP contribution in [0.2, 0.25) is 5.02 Å². The van der Waals surface area contributed by atoms with Crippen molar-refractivity contribution in [2.24, 2.45) is 0 Å². The summed E-state index contributed by atoms with van der Waals surface area (Å²) in [5, 5.41) is 9.05. The van der Waals surface area contributed by atoms with Crippen LogP contribution in [0, 0.1) is 0 Å². The molecular weight excluding hydrogens is 410 g/mol. The molecule has 0 unspecified atom stereocenters. The number of nitrogens with one attached hydrogen (secondary N) is 1. The molecule has 0 radical (unpaired) electrons. The Morgan fingerprint density at radius 2 is 1.93 bits per heavy atom. The van der Waals surface area contributed by atoms with Gasteiger partial charge in [0.2, 0.25) is 5.95 Å². The molecule has 2 aromatic heterocycles. The van der Waals surface area contributed by atoms with Crippen molar-refractivity contribution in [3.63, 3.8) is 0 Å². The fraction of sp³-hybridized carbons (Fsp3) is 0.450. The largest absolute Gasteiger partial charge is 0.324 e. The number of halogens is 1. The minimum Gasteiger partial charge on any atom is -0.324 e. The summed E-state index contributed by atoms with van der Waals surface area (Å²) in [5.74, 6) is 0.370. The molecule has 1 saturated carbocycles. The molecule has 2 heterocycles. The fourth-order valence-electron chi connectivity index (χ4n) is 3.82. The highest BCUT2D eigenvalue weighted by Crippen LogP contribution is 2.29. The quantitative estimate of drug-likeness (QED) is 0.588. The van der Waals surface area contributed by atoms with Crippen molar-refractivity contribution >= 4 is 44.1 Å². The van der Waals surface area contributed by atoms with E-state index in [0.29, 0.717) is 28.3 Å². The van der Waals surface area contributed by atoms with E-state index in [2.05, 4.69) is 20.4 Å². The fourth-order valence-corrected chi connectivity index (χ4v) is 4.96. The number of nitrogens with zero attached hydrogens (tertiary/aromatic N) is 4. The van der Waals surface area contributed by atoms with Gasteiger partial charge in [0, 0.05) is 23.2 Å². The van der Waals surface area contributed by atoms with Crippen molar-refractivity contribution in [2.45, 2.75) is 50.3 Å². The van der Waals surface area contributed by atoms with Gasteiger partial charge in [-0.05, 0) is 30.5 Å². The van der Waals surface area contributed by atoms with Crippen LogP contribution in [0.5, 0.6) is 0 Å². The third-order valence-corrected chi connectivity index (χ3v) is 6.42. The zero-order valence-corrected chi connectivity index (χ0v) is 17.9. The Balaban J connectivity index is 1.58. The molecule has 3 aromatic rings. The SMILES string of the molecule is CS(=O)(=O)Cc1ccc(Nc2ncc3cnn(C4CCCCCC4)c3n2)cc1Cl. The lowest BCUT2D eigenvalue weighted by atomic mass is 10.1. The molecule has 0 saturated heterocycles. The van der Waals surface area contributed by atoms with E-state index in [1.54, 1.807) is 24.4 Å². The van der Waals surface area contributed by atoms with Gasteiger partial charge in [0.05, 0.1) is 23.4 Å². The third-order valence-electron chi connectivity index (χ3n) is 5.23. The summed E-state index contributed by atoms with van der Waals surface area (Å²) in [6.07, 6.45) is 12.0. The molecule has 4 rings (SSSR count). The number of anilines is 2. The zero-order chi connectivity index (χ0) is 20.4. The number of hydrogen-bond donors (Lipinski definition) is 1. The predicted octanol–water partition coefficient (Wildman–Crippen LogP) is 4.66. The summed E-state index contributed by atoms with van der Waals surface area (Å²) in [4.78, 5) is 9.06. The standard InChI is InChI=1S/C20H24ClN5O2S/c1-29(27,28)13-14-8-9-16(10-18(14)21)24-20-22-11-15-12-23-26(19(15)25-20)17-6-4-2-3-5-7-17/h8-12,17H,2-7,13H2,1H3,(H,22,24,25). The predicted molar refractivity (Wildman–Crippen MR) is 115 cm³/mol. The van der Waals surface area contributed by atoms with Gasteiger partial charge in [0.1, 0.15) is 0 Å². The number of benzene rings is 1. The Labute approximate surface area is 175 Å². The lowest BCUT2D eigenvalue weighted by Crippen LogP contribution is -2.11. The van der Waals surface area contributed by atoms with Crippen molar-refractivity contribution in [3.8, 4) is 0 Å². The highest BCUT2D eigenvalue weighted by atomic mass is 35.5. The van der Waals surface area contributed by atoms with Crippen LogP contribution in [0.4, 0.5) is 11.6 Å². The highest BCUT2D eigenvalue weighted by Gasteiger charge is 2.18. The van der Waals surface area contributed by atoms with Crippen LogP contribution in [0.1, 0.15) is 50.1 Å². The van der Waals surface area contributed by atoms with E-state index in [1.165, 1.54) is 31.9 Å². The van der Waals surface area contributed by atoms with E-state index in [9.17, 15) is 8.42 Å². The van der Waals surface area contributed by atoms with E-state index in [-0.39, 0.29) is 5.75 Å². The van der Waals surface area contributed by atoms with Crippen molar-refractivity contribution in [1.29, 1.82) is 0 Å². The molecule has 0 amide bonds. The molecule has 0 aliphatic heterocycles. The maximum Gasteiger partial charge on any atom is 0.229 e. The first-order valence-electron chi connectivity index (χ1n) is 9.82. The van der Waals surface area contributed by atoms with Crippen LogP contribution >= 0.6 is 11.6 Å². The first kappa shape index (κ1) is 20.1. The van der Waals surface area contributed by atoms with Crippen LogP contribution in [0.3, 0.4) is 0 Å². The van der Waals surface area contributed by atoms with E-state index in [1.807, 2.05) is 10.9 Å². The molecular formula is C20H24ClN5O2S. The minimum atomic E-state index is -3.15. The van der Waals surface area contributed by atoms with E-state index >= 15 is 0 Å². The smallest absolute Gasteiger partial charge is 0.229 e. The van der Waals surface area contributed by atoms with Gasteiger partial charge >= 0.3 is 0 Å². The molecule has 1 fully saturated rings. The topological polar surface area (TPSA) is 89.8 Å². The first-order chi connectivity index (χ1) is 13.9. The van der Waals surface area contributed by atoms with Crippen LogP contribution in [0.25, 0.3) is 11.0 Å². The maximum atomic E-state index is 11.5. The summed E-state index contributed by atoms with van der Waals surface area (Å²) in [7, 11) is -3.15. The lowest BCUT2D eigenvalue weighted by molar-refractivity contribution is 0.415. The number of sulfone groups is 1. The third kappa shape index (κ3) is 4.87. The number of rotatable bonds is 5. The van der Waals surface area contributed by atoms with E-state index < -0.39 is 9.84 Å². The second-order valence-corrected chi connectivity index (χ2v) is 10.3. The molecule has 1 N–H and O–H groups in total. The van der Waals surface area contributed by atoms with Gasteiger partial charge in [-0.25, -0.2) is 18.1 Å². The van der Waals surface area contributed by atoms with Crippen molar-refractivity contribution in [3.05, 3.63) is 41.2 Å². The Kier molecular flexibility index (Phi) is 5.74.